The summed E-state index contributed by atoms with van der Waals surface area (Å²) in [5.74, 6) is -2.49. The smallest absolute Gasteiger partial charge is 0.256 e. The Morgan fingerprint density at radius 2 is 1.82 bits per heavy atom. The maximum atomic E-state index is 14.3. The number of hydrogen-bond acceptors (Lipinski definition) is 6. The minimum absolute atomic E-state index is 0.0265. The predicted octanol–water partition coefficient (Wildman–Crippen LogP) is 3.16. The second-order valence-electron chi connectivity index (χ2n) is 9.67. The molecule has 2 aliphatic heterocycles. The van der Waals surface area contributed by atoms with Gasteiger partial charge in [0, 0.05) is 56.5 Å². The van der Waals surface area contributed by atoms with E-state index in [-0.39, 0.29) is 50.6 Å². The number of pyridine rings is 1. The van der Waals surface area contributed by atoms with E-state index >= 15 is 0 Å². The van der Waals surface area contributed by atoms with Crippen LogP contribution in [0.1, 0.15) is 39.1 Å². The molecule has 2 aromatic carbocycles. The molecule has 3 aromatic rings. The summed E-state index contributed by atoms with van der Waals surface area (Å²) in [6, 6.07) is 12.1. The number of rotatable bonds is 6. The van der Waals surface area contributed by atoms with Crippen molar-refractivity contribution in [3.63, 3.8) is 0 Å². The molecule has 0 aliphatic carbocycles. The highest BCUT2D eigenvalue weighted by molar-refractivity contribution is 5.99. The van der Waals surface area contributed by atoms with Crippen LogP contribution in [0.25, 0.3) is 0 Å². The Hall–Kier alpha value is -4.38. The molecule has 3 amide bonds. The van der Waals surface area contributed by atoms with Crippen molar-refractivity contribution in [3.05, 3.63) is 95.3 Å². The molecule has 40 heavy (non-hydrogen) atoms. The highest BCUT2D eigenvalue weighted by Gasteiger charge is 2.54. The van der Waals surface area contributed by atoms with Gasteiger partial charge in [0.2, 0.25) is 5.91 Å². The van der Waals surface area contributed by atoms with Crippen LogP contribution in [0.5, 0.6) is 5.75 Å². The van der Waals surface area contributed by atoms with Crippen LogP contribution in [0.15, 0.2) is 67.0 Å². The van der Waals surface area contributed by atoms with Crippen LogP contribution in [0.2, 0.25) is 0 Å². The lowest BCUT2D eigenvalue weighted by Crippen LogP contribution is -2.59. The highest BCUT2D eigenvalue weighted by Crippen LogP contribution is 2.39. The number of piperidine rings is 1. The number of nitrogens with one attached hydrogen (secondary N) is 1. The van der Waals surface area contributed by atoms with E-state index < -0.39 is 35.2 Å². The number of amides is 3. The van der Waals surface area contributed by atoms with Crippen molar-refractivity contribution in [1.29, 1.82) is 0 Å². The zero-order chi connectivity index (χ0) is 28.3. The molecule has 9 nitrogen and oxygen atoms in total. The summed E-state index contributed by atoms with van der Waals surface area (Å²) in [7, 11) is 1.52. The summed E-state index contributed by atoms with van der Waals surface area (Å²) in [4.78, 5) is 47.2. The van der Waals surface area contributed by atoms with Gasteiger partial charge in [0.1, 0.15) is 29.2 Å². The molecular formula is C29H28F2N4O5. The lowest BCUT2D eigenvalue weighted by atomic mass is 9.96. The fourth-order valence-electron chi connectivity index (χ4n) is 5.14. The Morgan fingerprint density at radius 1 is 1.07 bits per heavy atom. The molecule has 0 radical (unpaired) electrons. The number of nitrogens with zero attached hydrogens (tertiary/aromatic N) is 3. The third kappa shape index (κ3) is 5.37. The SMILES string of the molecule is COc1ccc(C(=O)N2C(C(=O)NCc3cccnc3)COC23CCN(C(=O)c2ccc(F)cc2F)CC3)cc1. The first-order chi connectivity index (χ1) is 19.3. The van der Waals surface area contributed by atoms with Gasteiger partial charge in [-0.3, -0.25) is 24.3 Å². The second kappa shape index (κ2) is 11.4. The van der Waals surface area contributed by atoms with Crippen LogP contribution in [0.4, 0.5) is 8.78 Å². The molecule has 5 rings (SSSR count). The van der Waals surface area contributed by atoms with Gasteiger partial charge in [-0.2, -0.15) is 0 Å². The Morgan fingerprint density at radius 3 is 2.48 bits per heavy atom. The zero-order valence-corrected chi connectivity index (χ0v) is 21.8. The Bertz CT molecular complexity index is 1400. The average molecular weight is 551 g/mol. The fraction of sp³-hybridized carbons (Fsp3) is 0.310. The molecule has 2 saturated heterocycles. The molecule has 2 fully saturated rings. The van der Waals surface area contributed by atoms with Gasteiger partial charge in [-0.1, -0.05) is 6.07 Å². The number of methoxy groups -OCH3 is 1. The van der Waals surface area contributed by atoms with Gasteiger partial charge in [0.15, 0.2) is 0 Å². The molecule has 208 valence electrons. The summed E-state index contributed by atoms with van der Waals surface area (Å²) in [6.45, 7) is 0.492. The first-order valence-electron chi connectivity index (χ1n) is 12.8. The maximum Gasteiger partial charge on any atom is 0.256 e. The molecule has 0 bridgehead atoms. The van der Waals surface area contributed by atoms with Crippen molar-refractivity contribution < 1.29 is 32.6 Å². The lowest BCUT2D eigenvalue weighted by molar-refractivity contribution is -0.128. The van der Waals surface area contributed by atoms with Crippen molar-refractivity contribution in [1.82, 2.24) is 20.1 Å². The molecule has 3 heterocycles. The number of ether oxygens (including phenoxy) is 2. The monoisotopic (exact) mass is 550 g/mol. The molecule has 2 aliphatic rings. The first-order valence-corrected chi connectivity index (χ1v) is 12.8. The molecule has 1 atom stereocenters. The average Bonchev–Trinajstić information content (AvgIpc) is 3.34. The van der Waals surface area contributed by atoms with Crippen LogP contribution < -0.4 is 10.1 Å². The number of likely N-dealkylation sites (tertiary alicyclic amines) is 1. The predicted molar refractivity (Wildman–Crippen MR) is 139 cm³/mol. The van der Waals surface area contributed by atoms with E-state index in [1.165, 1.54) is 16.9 Å². The maximum absolute atomic E-state index is 14.3. The highest BCUT2D eigenvalue weighted by atomic mass is 19.1. The number of benzene rings is 2. The van der Waals surface area contributed by atoms with Crippen molar-refractivity contribution in [3.8, 4) is 5.75 Å². The van der Waals surface area contributed by atoms with Gasteiger partial charge in [-0.25, -0.2) is 8.78 Å². The first kappa shape index (κ1) is 27.2. The van der Waals surface area contributed by atoms with Crippen molar-refractivity contribution in [2.24, 2.45) is 0 Å². The third-order valence-electron chi connectivity index (χ3n) is 7.30. The molecule has 1 N–H and O–H groups in total. The minimum atomic E-state index is -1.15. The molecule has 1 aromatic heterocycles. The summed E-state index contributed by atoms with van der Waals surface area (Å²) >= 11 is 0. The van der Waals surface area contributed by atoms with E-state index in [9.17, 15) is 23.2 Å². The largest absolute Gasteiger partial charge is 0.497 e. The second-order valence-corrected chi connectivity index (χ2v) is 9.67. The van der Waals surface area contributed by atoms with Crippen LogP contribution in [-0.4, -0.2) is 71.1 Å². The molecular weight excluding hydrogens is 522 g/mol. The molecule has 1 spiro atoms. The number of halogens is 2. The van der Waals surface area contributed by atoms with E-state index in [0.29, 0.717) is 17.4 Å². The minimum Gasteiger partial charge on any atom is -0.497 e. The summed E-state index contributed by atoms with van der Waals surface area (Å²) in [6.07, 6.45) is 3.69. The topological polar surface area (TPSA) is 101 Å². The van der Waals surface area contributed by atoms with Crippen LogP contribution in [-0.2, 0) is 16.1 Å². The van der Waals surface area contributed by atoms with Crippen LogP contribution in [0, 0.1) is 11.6 Å². The van der Waals surface area contributed by atoms with Gasteiger partial charge in [-0.15, -0.1) is 0 Å². The fourth-order valence-corrected chi connectivity index (χ4v) is 5.14. The summed E-state index contributed by atoms with van der Waals surface area (Å²) in [5.41, 5.74) is -0.227. The van der Waals surface area contributed by atoms with E-state index in [2.05, 4.69) is 10.3 Å². The van der Waals surface area contributed by atoms with Gasteiger partial charge >= 0.3 is 0 Å². The quantitative estimate of drug-likeness (QED) is 0.506. The van der Waals surface area contributed by atoms with Crippen LogP contribution in [0.3, 0.4) is 0 Å². The number of carbonyl (C=O) groups excluding carboxylic acids is 3. The Labute approximate surface area is 229 Å². The van der Waals surface area contributed by atoms with Gasteiger partial charge in [0.25, 0.3) is 11.8 Å². The number of aromatic nitrogens is 1. The summed E-state index contributed by atoms with van der Waals surface area (Å²) < 4.78 is 39.0. The van der Waals surface area contributed by atoms with E-state index in [1.807, 2.05) is 6.07 Å². The standard InChI is InChI=1S/C29H28F2N4O5/c1-39-22-7-4-20(5-8-22)27(37)35-25(26(36)33-17-19-3-2-12-32-16-19)18-40-29(35)10-13-34(14-11-29)28(38)23-9-6-21(30)15-24(23)31/h2-9,12,15-16,25H,10-11,13-14,17-18H2,1H3,(H,33,36). The van der Waals surface area contributed by atoms with Crippen molar-refractivity contribution in [2.45, 2.75) is 31.2 Å². The Kier molecular flexibility index (Phi) is 7.74. The van der Waals surface area contributed by atoms with E-state index in [1.54, 1.807) is 42.7 Å². The van der Waals surface area contributed by atoms with Gasteiger partial charge < -0.3 is 19.7 Å². The molecule has 0 saturated carbocycles. The lowest BCUT2D eigenvalue weighted by Gasteiger charge is -2.44. The van der Waals surface area contributed by atoms with Crippen molar-refractivity contribution in [2.75, 3.05) is 26.8 Å². The van der Waals surface area contributed by atoms with Gasteiger partial charge in [0.05, 0.1) is 19.3 Å². The van der Waals surface area contributed by atoms with E-state index in [4.69, 9.17) is 9.47 Å². The normalized spacial score (nSPS) is 18.0. The van der Waals surface area contributed by atoms with E-state index in [0.717, 1.165) is 17.7 Å². The third-order valence-corrected chi connectivity index (χ3v) is 7.30. The number of hydrogen-bond donors (Lipinski definition) is 1. The number of carbonyl (C=O) groups is 3. The Balaban J connectivity index is 1.37. The zero-order valence-electron chi connectivity index (χ0n) is 21.8. The van der Waals surface area contributed by atoms with Gasteiger partial charge in [-0.05, 0) is 48.0 Å². The van der Waals surface area contributed by atoms with Crippen LogP contribution >= 0.6 is 0 Å². The van der Waals surface area contributed by atoms with Crippen molar-refractivity contribution >= 4 is 17.7 Å². The molecule has 11 heteroatoms. The molecule has 1 unspecified atom stereocenters. The summed E-state index contributed by atoms with van der Waals surface area (Å²) in [5, 5.41) is 2.87.